The second kappa shape index (κ2) is 7.80. The molecule has 0 atom stereocenters. The molecule has 0 aliphatic carbocycles. The molecule has 30 heavy (non-hydrogen) atoms. The summed E-state index contributed by atoms with van der Waals surface area (Å²) in [5.74, 6) is -0.934. The molecule has 158 valence electrons. The van der Waals surface area contributed by atoms with Crippen molar-refractivity contribution in [1.82, 2.24) is 14.3 Å². The molecule has 8 nitrogen and oxygen atoms in total. The molecule has 0 aliphatic heterocycles. The van der Waals surface area contributed by atoms with Crippen molar-refractivity contribution in [2.75, 3.05) is 5.32 Å². The van der Waals surface area contributed by atoms with Crippen LogP contribution in [-0.4, -0.2) is 23.9 Å². The molecule has 3 rings (SSSR count). The van der Waals surface area contributed by atoms with E-state index in [0.29, 0.717) is 22.6 Å². The van der Waals surface area contributed by atoms with Gasteiger partial charge in [0.2, 0.25) is 0 Å². The average molecular weight is 439 g/mol. The van der Waals surface area contributed by atoms with Gasteiger partial charge in [0.15, 0.2) is 0 Å². The lowest BCUT2D eigenvalue weighted by Gasteiger charge is -2.14. The molecule has 0 bridgehead atoms. The molecule has 1 heterocycles. The lowest BCUT2D eigenvalue weighted by atomic mass is 10.0. The van der Waals surface area contributed by atoms with Crippen LogP contribution in [0.2, 0.25) is 0 Å². The molecule has 12 heteroatoms. The minimum absolute atomic E-state index is 0.00245. The molecule has 0 unspecified atom stereocenters. The van der Waals surface area contributed by atoms with Crippen LogP contribution in [0, 0.1) is 0 Å². The number of alkyl halides is 3. The summed E-state index contributed by atoms with van der Waals surface area (Å²) >= 11 is 0. The van der Waals surface area contributed by atoms with E-state index >= 15 is 0 Å². The van der Waals surface area contributed by atoms with E-state index in [1.807, 2.05) is 0 Å². The van der Waals surface area contributed by atoms with Crippen molar-refractivity contribution in [2.45, 2.75) is 6.18 Å². The zero-order valence-electron chi connectivity index (χ0n) is 15.4. The monoisotopic (exact) mass is 439 g/mol. The molecule has 0 saturated carbocycles. The minimum Gasteiger partial charge on any atom is -0.355 e. The van der Waals surface area contributed by atoms with Gasteiger partial charge in [-0.05, 0) is 42.5 Å². The van der Waals surface area contributed by atoms with Crippen molar-refractivity contribution in [1.29, 1.82) is 0 Å². The molecular formula is C18H16F3N5O3S. The fraction of sp³-hybridized carbons (Fsp3) is 0.111. The molecule has 0 aliphatic rings. The maximum absolute atomic E-state index is 12.8. The number of hydrogen-bond acceptors (Lipinski definition) is 5. The minimum atomic E-state index is -4.45. The van der Waals surface area contributed by atoms with Crippen LogP contribution in [0.1, 0.15) is 15.9 Å². The summed E-state index contributed by atoms with van der Waals surface area (Å²) in [6, 6.07) is 8.65. The van der Waals surface area contributed by atoms with Gasteiger partial charge in [-0.1, -0.05) is 0 Å². The highest BCUT2D eigenvalue weighted by molar-refractivity contribution is 7.87. The standard InChI is InChI=1S/C18H16F3N5O3S/c1-26-9-16(23-10-26)14-8-11(17(27)25-30(22,28)29)2-7-15(14)24-13-5-3-12(4-6-13)18(19,20)21/h2-10,24H,1H3,(H,25,27)(H2,22,28,29). The van der Waals surface area contributed by atoms with E-state index in [4.69, 9.17) is 5.14 Å². The van der Waals surface area contributed by atoms with Gasteiger partial charge in [0.25, 0.3) is 16.1 Å². The quantitative estimate of drug-likeness (QED) is 0.565. The zero-order chi connectivity index (χ0) is 22.1. The van der Waals surface area contributed by atoms with Crippen molar-refractivity contribution in [3.8, 4) is 11.3 Å². The van der Waals surface area contributed by atoms with Gasteiger partial charge in [-0.15, -0.1) is 0 Å². The second-order valence-corrected chi connectivity index (χ2v) is 7.66. The first-order valence-corrected chi connectivity index (χ1v) is 9.88. The Morgan fingerprint density at radius 1 is 1.13 bits per heavy atom. The third-order valence-electron chi connectivity index (χ3n) is 3.99. The number of carbonyl (C=O) groups is 1. The first-order valence-electron chi connectivity index (χ1n) is 8.34. The normalized spacial score (nSPS) is 11.9. The Bertz CT molecular complexity index is 1190. The topological polar surface area (TPSA) is 119 Å². The number of aromatic nitrogens is 2. The Hall–Kier alpha value is -3.38. The molecule has 0 fully saturated rings. The van der Waals surface area contributed by atoms with Gasteiger partial charge >= 0.3 is 6.18 Å². The first-order chi connectivity index (χ1) is 13.9. The summed E-state index contributed by atoms with van der Waals surface area (Å²) in [5, 5.41) is 7.82. The lowest BCUT2D eigenvalue weighted by molar-refractivity contribution is -0.137. The van der Waals surface area contributed by atoms with E-state index in [9.17, 15) is 26.4 Å². The zero-order valence-corrected chi connectivity index (χ0v) is 16.3. The Morgan fingerprint density at radius 2 is 1.80 bits per heavy atom. The predicted molar refractivity (Wildman–Crippen MR) is 104 cm³/mol. The van der Waals surface area contributed by atoms with Crippen LogP contribution < -0.4 is 15.2 Å². The van der Waals surface area contributed by atoms with Gasteiger partial charge < -0.3 is 9.88 Å². The third-order valence-corrected chi connectivity index (χ3v) is 4.46. The number of nitrogens with two attached hydrogens (primary N) is 1. The maximum Gasteiger partial charge on any atom is 0.416 e. The van der Waals surface area contributed by atoms with Crippen LogP contribution in [0.3, 0.4) is 0 Å². The average Bonchev–Trinajstić information content (AvgIpc) is 3.06. The summed E-state index contributed by atoms with van der Waals surface area (Å²) in [7, 11) is -2.51. The van der Waals surface area contributed by atoms with E-state index < -0.39 is 27.9 Å². The van der Waals surface area contributed by atoms with Crippen molar-refractivity contribution in [2.24, 2.45) is 12.2 Å². The number of hydrogen-bond donors (Lipinski definition) is 3. The number of nitrogens with zero attached hydrogens (tertiary/aromatic N) is 2. The van der Waals surface area contributed by atoms with E-state index in [1.54, 1.807) is 22.5 Å². The summed E-state index contributed by atoms with van der Waals surface area (Å²) in [6.45, 7) is 0. The van der Waals surface area contributed by atoms with Crippen LogP contribution in [0.5, 0.6) is 0 Å². The van der Waals surface area contributed by atoms with E-state index in [0.717, 1.165) is 12.1 Å². The molecule has 0 saturated heterocycles. The second-order valence-electron chi connectivity index (χ2n) is 6.36. The summed E-state index contributed by atoms with van der Waals surface area (Å²) in [4.78, 5) is 16.3. The summed E-state index contributed by atoms with van der Waals surface area (Å²) in [6.07, 6.45) is -1.26. The molecule has 1 aromatic heterocycles. The van der Waals surface area contributed by atoms with Crippen molar-refractivity contribution in [3.05, 3.63) is 66.1 Å². The molecule has 0 radical (unpaired) electrons. The van der Waals surface area contributed by atoms with Crippen molar-refractivity contribution >= 4 is 27.5 Å². The summed E-state index contributed by atoms with van der Waals surface area (Å²) in [5.41, 5.74) is 0.924. The van der Waals surface area contributed by atoms with Crippen LogP contribution in [0.15, 0.2) is 55.0 Å². The Kier molecular flexibility index (Phi) is 5.55. The van der Waals surface area contributed by atoms with Gasteiger partial charge in [0.1, 0.15) is 0 Å². The maximum atomic E-state index is 12.8. The number of amides is 1. The number of anilines is 2. The van der Waals surface area contributed by atoms with Crippen LogP contribution in [-0.2, 0) is 23.4 Å². The van der Waals surface area contributed by atoms with E-state index in [1.165, 1.54) is 36.7 Å². The largest absolute Gasteiger partial charge is 0.416 e. The number of aryl methyl sites for hydroxylation is 1. The van der Waals surface area contributed by atoms with Gasteiger partial charge in [-0.25, -0.2) is 14.8 Å². The number of benzene rings is 2. The smallest absolute Gasteiger partial charge is 0.355 e. The Morgan fingerprint density at radius 3 is 2.33 bits per heavy atom. The SMILES string of the molecule is Cn1cnc(-c2cc(C(=O)NS(N)(=O)=O)ccc2Nc2ccc(C(F)(F)F)cc2)c1. The number of imidazole rings is 1. The van der Waals surface area contributed by atoms with Gasteiger partial charge in [0.05, 0.1) is 17.6 Å². The van der Waals surface area contributed by atoms with E-state index in [-0.39, 0.29) is 5.56 Å². The number of rotatable bonds is 5. The van der Waals surface area contributed by atoms with Crippen LogP contribution in [0.25, 0.3) is 11.3 Å². The number of halogens is 3. The van der Waals surface area contributed by atoms with Crippen LogP contribution >= 0.6 is 0 Å². The molecule has 4 N–H and O–H groups in total. The number of carbonyl (C=O) groups excluding carboxylic acids is 1. The van der Waals surface area contributed by atoms with Gasteiger partial charge in [-0.3, -0.25) is 4.79 Å². The van der Waals surface area contributed by atoms with Gasteiger partial charge in [0, 0.05) is 35.7 Å². The highest BCUT2D eigenvalue weighted by atomic mass is 32.2. The van der Waals surface area contributed by atoms with Crippen molar-refractivity contribution < 1.29 is 26.4 Å². The van der Waals surface area contributed by atoms with Crippen LogP contribution in [0.4, 0.5) is 24.5 Å². The fourth-order valence-electron chi connectivity index (χ4n) is 2.64. The lowest BCUT2D eigenvalue weighted by Crippen LogP contribution is -2.35. The Balaban J connectivity index is 1.98. The number of nitrogens with one attached hydrogen (secondary N) is 2. The van der Waals surface area contributed by atoms with Gasteiger partial charge in [-0.2, -0.15) is 21.6 Å². The molecular weight excluding hydrogens is 423 g/mol. The highest BCUT2D eigenvalue weighted by Gasteiger charge is 2.30. The molecule has 2 aromatic carbocycles. The fourth-order valence-corrected chi connectivity index (χ4v) is 3.02. The Labute approximate surface area is 169 Å². The van der Waals surface area contributed by atoms with Crippen molar-refractivity contribution in [3.63, 3.8) is 0 Å². The molecule has 1 amide bonds. The summed E-state index contributed by atoms with van der Waals surface area (Å²) < 4.78 is 63.8. The van der Waals surface area contributed by atoms with E-state index in [2.05, 4.69) is 10.3 Å². The predicted octanol–water partition coefficient (Wildman–Crippen LogP) is 2.78. The first kappa shape index (κ1) is 21.3. The molecule has 0 spiro atoms. The molecule has 3 aromatic rings. The highest BCUT2D eigenvalue weighted by Crippen LogP contribution is 2.33. The third kappa shape index (κ3) is 5.15.